The van der Waals surface area contributed by atoms with Gasteiger partial charge < -0.3 is 5.32 Å². The second-order valence-electron chi connectivity index (χ2n) is 6.99. The highest BCUT2D eigenvalue weighted by atomic mass is 14.8. The van der Waals surface area contributed by atoms with Crippen LogP contribution in [0, 0.1) is 24.7 Å². The van der Waals surface area contributed by atoms with Gasteiger partial charge in [0.05, 0.1) is 0 Å². The molecule has 1 aromatic carbocycles. The molecule has 0 aromatic heterocycles. The molecule has 21 heavy (non-hydrogen) atoms. The Bertz CT molecular complexity index is 395. The second kappa shape index (κ2) is 8.58. The number of nitrogens with one attached hydrogen (secondary N) is 1. The lowest BCUT2D eigenvalue weighted by Gasteiger charge is -2.36. The van der Waals surface area contributed by atoms with Gasteiger partial charge >= 0.3 is 0 Å². The van der Waals surface area contributed by atoms with Crippen molar-refractivity contribution in [2.75, 3.05) is 13.1 Å². The van der Waals surface area contributed by atoms with E-state index in [0.29, 0.717) is 0 Å². The summed E-state index contributed by atoms with van der Waals surface area (Å²) in [6.07, 6.45) is 8.37. The molecule has 0 amide bonds. The lowest BCUT2D eigenvalue weighted by atomic mass is 9.70. The van der Waals surface area contributed by atoms with Crippen molar-refractivity contribution in [1.29, 1.82) is 0 Å². The van der Waals surface area contributed by atoms with E-state index in [9.17, 15) is 0 Å². The van der Waals surface area contributed by atoms with E-state index in [1.807, 2.05) is 0 Å². The number of hydrogen-bond acceptors (Lipinski definition) is 1. The maximum atomic E-state index is 3.59. The molecule has 0 heterocycles. The normalized spacial score (nSPS) is 26.0. The molecule has 118 valence electrons. The van der Waals surface area contributed by atoms with Crippen LogP contribution in [0.1, 0.15) is 57.1 Å². The van der Waals surface area contributed by atoms with Crippen molar-refractivity contribution in [3.63, 3.8) is 0 Å². The van der Waals surface area contributed by atoms with Gasteiger partial charge in [0.25, 0.3) is 0 Å². The quantitative estimate of drug-likeness (QED) is 0.746. The molecule has 0 radical (unpaired) electrons. The van der Waals surface area contributed by atoms with Crippen LogP contribution in [0.25, 0.3) is 0 Å². The highest BCUT2D eigenvalue weighted by Crippen LogP contribution is 2.37. The molecule has 0 aliphatic heterocycles. The van der Waals surface area contributed by atoms with Crippen LogP contribution in [-0.2, 0) is 6.42 Å². The molecule has 1 nitrogen and oxygen atoms in total. The Labute approximate surface area is 131 Å². The second-order valence-corrected chi connectivity index (χ2v) is 6.99. The Morgan fingerprint density at radius 3 is 2.48 bits per heavy atom. The third kappa shape index (κ3) is 5.14. The van der Waals surface area contributed by atoms with Gasteiger partial charge in [0.2, 0.25) is 0 Å². The summed E-state index contributed by atoms with van der Waals surface area (Å²) in [6, 6.07) is 9.20. The van der Waals surface area contributed by atoms with E-state index in [2.05, 4.69) is 50.4 Å². The van der Waals surface area contributed by atoms with Gasteiger partial charge in [0.15, 0.2) is 0 Å². The summed E-state index contributed by atoms with van der Waals surface area (Å²) < 4.78 is 0. The third-order valence-electron chi connectivity index (χ3n) is 5.22. The van der Waals surface area contributed by atoms with Crippen molar-refractivity contribution in [1.82, 2.24) is 5.32 Å². The zero-order valence-corrected chi connectivity index (χ0v) is 14.2. The molecule has 1 saturated carbocycles. The molecule has 3 unspecified atom stereocenters. The van der Waals surface area contributed by atoms with Gasteiger partial charge in [-0.15, -0.1) is 0 Å². The lowest BCUT2D eigenvalue weighted by Crippen LogP contribution is -2.34. The Morgan fingerprint density at radius 1 is 1.05 bits per heavy atom. The number of aryl methyl sites for hydroxylation is 1. The predicted molar refractivity (Wildman–Crippen MR) is 92.7 cm³/mol. The molecule has 0 spiro atoms. The van der Waals surface area contributed by atoms with Crippen LogP contribution in [0.15, 0.2) is 24.3 Å². The van der Waals surface area contributed by atoms with Gasteiger partial charge in [0.1, 0.15) is 0 Å². The largest absolute Gasteiger partial charge is 0.317 e. The molecular formula is C20H33N. The molecule has 1 N–H and O–H groups in total. The zero-order chi connectivity index (χ0) is 15.1. The Morgan fingerprint density at radius 2 is 1.81 bits per heavy atom. The van der Waals surface area contributed by atoms with E-state index in [4.69, 9.17) is 0 Å². The maximum Gasteiger partial charge on any atom is -0.00179 e. The van der Waals surface area contributed by atoms with Crippen molar-refractivity contribution in [2.45, 2.75) is 59.3 Å². The first kappa shape index (κ1) is 16.5. The van der Waals surface area contributed by atoms with Crippen LogP contribution < -0.4 is 5.32 Å². The fourth-order valence-corrected chi connectivity index (χ4v) is 3.97. The minimum atomic E-state index is 0.872. The SMILES string of the molecule is CCCC1CCC(CNCC)C(Cc2ccc(C)cc2)C1. The molecule has 2 rings (SSSR count). The topological polar surface area (TPSA) is 12.0 Å². The first-order chi connectivity index (χ1) is 10.2. The summed E-state index contributed by atoms with van der Waals surface area (Å²) in [5.74, 6) is 2.72. The molecule has 1 aromatic rings. The Kier molecular flexibility index (Phi) is 6.76. The highest BCUT2D eigenvalue weighted by molar-refractivity contribution is 5.21. The summed E-state index contributed by atoms with van der Waals surface area (Å²) in [4.78, 5) is 0. The van der Waals surface area contributed by atoms with E-state index in [0.717, 1.165) is 24.3 Å². The summed E-state index contributed by atoms with van der Waals surface area (Å²) in [7, 11) is 0. The van der Waals surface area contributed by atoms with Crippen LogP contribution in [-0.4, -0.2) is 13.1 Å². The van der Waals surface area contributed by atoms with E-state index < -0.39 is 0 Å². The Hall–Kier alpha value is -0.820. The maximum absolute atomic E-state index is 3.59. The van der Waals surface area contributed by atoms with Crippen LogP contribution in [0.5, 0.6) is 0 Å². The van der Waals surface area contributed by atoms with E-state index in [1.165, 1.54) is 56.2 Å². The van der Waals surface area contributed by atoms with Gasteiger partial charge in [0, 0.05) is 0 Å². The van der Waals surface area contributed by atoms with E-state index in [1.54, 1.807) is 0 Å². The van der Waals surface area contributed by atoms with Gasteiger partial charge in [-0.3, -0.25) is 0 Å². The summed E-state index contributed by atoms with van der Waals surface area (Å²) >= 11 is 0. The average molecular weight is 287 g/mol. The predicted octanol–water partition coefficient (Wildman–Crippen LogP) is 4.98. The summed E-state index contributed by atoms with van der Waals surface area (Å²) in [5.41, 5.74) is 2.90. The number of hydrogen-bond donors (Lipinski definition) is 1. The number of benzene rings is 1. The monoisotopic (exact) mass is 287 g/mol. The standard InChI is InChI=1S/C20H33N/c1-4-6-17-11-12-19(15-21-5-2)20(13-17)14-18-9-7-16(3)8-10-18/h7-10,17,19-21H,4-6,11-15H2,1-3H3. The fraction of sp³-hybridized carbons (Fsp3) is 0.700. The van der Waals surface area contributed by atoms with Gasteiger partial charge in [-0.2, -0.15) is 0 Å². The van der Waals surface area contributed by atoms with Crippen LogP contribution in [0.3, 0.4) is 0 Å². The summed E-state index contributed by atoms with van der Waals surface area (Å²) in [5, 5.41) is 3.59. The smallest absolute Gasteiger partial charge is 0.00179 e. The van der Waals surface area contributed by atoms with Crippen molar-refractivity contribution < 1.29 is 0 Å². The van der Waals surface area contributed by atoms with Crippen molar-refractivity contribution in [2.24, 2.45) is 17.8 Å². The van der Waals surface area contributed by atoms with Crippen molar-refractivity contribution in [3.05, 3.63) is 35.4 Å². The molecule has 3 atom stereocenters. The molecule has 0 saturated heterocycles. The zero-order valence-electron chi connectivity index (χ0n) is 14.2. The van der Waals surface area contributed by atoms with Crippen LogP contribution in [0.2, 0.25) is 0 Å². The molecule has 1 heteroatoms. The van der Waals surface area contributed by atoms with Crippen LogP contribution >= 0.6 is 0 Å². The molecular weight excluding hydrogens is 254 g/mol. The fourth-order valence-electron chi connectivity index (χ4n) is 3.97. The highest BCUT2D eigenvalue weighted by Gasteiger charge is 2.29. The van der Waals surface area contributed by atoms with Gasteiger partial charge in [-0.05, 0) is 62.6 Å². The molecule has 1 fully saturated rings. The Balaban J connectivity index is 1.99. The van der Waals surface area contributed by atoms with Gasteiger partial charge in [-0.1, -0.05) is 62.9 Å². The number of rotatable bonds is 7. The minimum Gasteiger partial charge on any atom is -0.317 e. The molecule has 1 aliphatic rings. The van der Waals surface area contributed by atoms with E-state index >= 15 is 0 Å². The van der Waals surface area contributed by atoms with E-state index in [-0.39, 0.29) is 0 Å². The van der Waals surface area contributed by atoms with Crippen molar-refractivity contribution in [3.8, 4) is 0 Å². The third-order valence-corrected chi connectivity index (χ3v) is 5.22. The minimum absolute atomic E-state index is 0.872. The average Bonchev–Trinajstić information content (AvgIpc) is 2.49. The summed E-state index contributed by atoms with van der Waals surface area (Å²) in [6.45, 7) is 9.05. The lowest BCUT2D eigenvalue weighted by molar-refractivity contribution is 0.168. The van der Waals surface area contributed by atoms with Gasteiger partial charge in [-0.25, -0.2) is 0 Å². The van der Waals surface area contributed by atoms with Crippen LogP contribution in [0.4, 0.5) is 0 Å². The van der Waals surface area contributed by atoms with Crippen molar-refractivity contribution >= 4 is 0 Å². The first-order valence-corrected chi connectivity index (χ1v) is 8.99. The molecule has 0 bridgehead atoms. The first-order valence-electron chi connectivity index (χ1n) is 8.99. The molecule has 1 aliphatic carbocycles.